The third-order valence-corrected chi connectivity index (χ3v) is 6.55. The summed E-state index contributed by atoms with van der Waals surface area (Å²) in [5.41, 5.74) is 0.0389. The molecule has 0 radical (unpaired) electrons. The molecule has 10 heteroatoms. The van der Waals surface area contributed by atoms with Crippen molar-refractivity contribution in [1.29, 1.82) is 0 Å². The molecule has 2 aromatic carbocycles. The van der Waals surface area contributed by atoms with Crippen molar-refractivity contribution >= 4 is 33.2 Å². The van der Waals surface area contributed by atoms with E-state index in [1.165, 1.54) is 28.6 Å². The number of nitrogens with one attached hydrogen (secondary N) is 1. The van der Waals surface area contributed by atoms with Gasteiger partial charge in [0.2, 0.25) is 10.0 Å². The van der Waals surface area contributed by atoms with Crippen molar-refractivity contribution < 1.29 is 26.7 Å². The van der Waals surface area contributed by atoms with E-state index in [0.29, 0.717) is 12.1 Å². The van der Waals surface area contributed by atoms with E-state index in [4.69, 9.17) is 16.3 Å². The molecular weight excluding hydrogens is 426 g/mol. The van der Waals surface area contributed by atoms with Crippen molar-refractivity contribution in [3.63, 3.8) is 0 Å². The molecule has 2 atom stereocenters. The quantitative estimate of drug-likeness (QED) is 0.730. The summed E-state index contributed by atoms with van der Waals surface area (Å²) in [5, 5.41) is 2.24. The predicted octanol–water partition coefficient (Wildman–Crippen LogP) is 3.67. The third kappa shape index (κ3) is 4.75. The molecule has 2 aromatic rings. The summed E-state index contributed by atoms with van der Waals surface area (Å²) in [4.78, 5) is 12.3. The van der Waals surface area contributed by atoms with Crippen LogP contribution in [0.1, 0.15) is 24.2 Å². The van der Waals surface area contributed by atoms with Crippen molar-refractivity contribution in [2.75, 3.05) is 18.4 Å². The van der Waals surface area contributed by atoms with E-state index >= 15 is 0 Å². The first-order valence-electron chi connectivity index (χ1n) is 8.79. The Morgan fingerprint density at radius 3 is 2.24 bits per heavy atom. The summed E-state index contributed by atoms with van der Waals surface area (Å²) in [5.74, 6) is -3.11. The molecule has 1 heterocycles. The number of carbonyl (C=O) groups is 1. The van der Waals surface area contributed by atoms with Crippen LogP contribution in [0.15, 0.2) is 41.3 Å². The molecule has 1 aliphatic rings. The number of halogens is 3. The highest BCUT2D eigenvalue weighted by molar-refractivity contribution is 7.89. The van der Waals surface area contributed by atoms with E-state index in [1.807, 2.05) is 0 Å². The zero-order valence-electron chi connectivity index (χ0n) is 15.7. The Bertz CT molecular complexity index is 1020. The first-order valence-corrected chi connectivity index (χ1v) is 10.6. The lowest BCUT2D eigenvalue weighted by Crippen LogP contribution is -2.48. The molecule has 6 nitrogen and oxygen atoms in total. The molecular formula is C19H19ClF2N2O4S. The van der Waals surface area contributed by atoms with Gasteiger partial charge in [0, 0.05) is 18.8 Å². The SMILES string of the molecule is CC1CN(S(=O)(=O)c2ccc(NC(=O)c3cc(F)c(F)cc3Cl)cc2)CC(C)O1. The number of hydrogen-bond acceptors (Lipinski definition) is 4. The maximum absolute atomic E-state index is 13.4. The van der Waals surface area contributed by atoms with Gasteiger partial charge in [-0.2, -0.15) is 4.31 Å². The first-order chi connectivity index (χ1) is 13.6. The number of ether oxygens (including phenoxy) is 1. The molecule has 0 saturated carbocycles. The fourth-order valence-corrected chi connectivity index (χ4v) is 4.91. The van der Waals surface area contributed by atoms with Crippen LogP contribution in [0.2, 0.25) is 5.02 Å². The molecule has 2 unspecified atom stereocenters. The largest absolute Gasteiger partial charge is 0.373 e. The monoisotopic (exact) mass is 444 g/mol. The summed E-state index contributed by atoms with van der Waals surface area (Å²) in [6, 6.07) is 6.96. The van der Waals surface area contributed by atoms with Crippen LogP contribution in [-0.2, 0) is 14.8 Å². The highest BCUT2D eigenvalue weighted by Gasteiger charge is 2.32. The molecule has 1 amide bonds. The Hall–Kier alpha value is -2.07. The van der Waals surface area contributed by atoms with E-state index in [-0.39, 0.29) is 46.5 Å². The van der Waals surface area contributed by atoms with E-state index in [2.05, 4.69) is 5.32 Å². The number of sulfonamides is 1. The van der Waals surface area contributed by atoms with Gasteiger partial charge in [-0.25, -0.2) is 17.2 Å². The number of anilines is 1. The minimum atomic E-state index is -3.71. The zero-order valence-corrected chi connectivity index (χ0v) is 17.2. The molecule has 0 aliphatic carbocycles. The predicted molar refractivity (Wildman–Crippen MR) is 105 cm³/mol. The second-order valence-electron chi connectivity index (χ2n) is 6.80. The van der Waals surface area contributed by atoms with E-state index in [9.17, 15) is 22.0 Å². The lowest BCUT2D eigenvalue weighted by Gasteiger charge is -2.34. The average Bonchev–Trinajstić information content (AvgIpc) is 2.64. The highest BCUT2D eigenvalue weighted by Crippen LogP contribution is 2.24. The van der Waals surface area contributed by atoms with E-state index in [1.54, 1.807) is 13.8 Å². The molecule has 0 spiro atoms. The highest BCUT2D eigenvalue weighted by atomic mass is 35.5. The van der Waals surface area contributed by atoms with E-state index < -0.39 is 27.6 Å². The smallest absolute Gasteiger partial charge is 0.257 e. The van der Waals surface area contributed by atoms with Gasteiger partial charge in [-0.1, -0.05) is 11.6 Å². The summed E-state index contributed by atoms with van der Waals surface area (Å²) < 4.78 is 59.1. The Kier molecular flexibility index (Phi) is 6.23. The van der Waals surface area contributed by atoms with Gasteiger partial charge >= 0.3 is 0 Å². The fraction of sp³-hybridized carbons (Fsp3) is 0.316. The van der Waals surface area contributed by atoms with Crippen molar-refractivity contribution in [3.8, 4) is 0 Å². The second kappa shape index (κ2) is 8.35. The van der Waals surface area contributed by atoms with Crippen LogP contribution in [-0.4, -0.2) is 43.9 Å². The average molecular weight is 445 g/mol. The number of benzene rings is 2. The lowest BCUT2D eigenvalue weighted by atomic mass is 10.2. The number of hydrogen-bond donors (Lipinski definition) is 1. The summed E-state index contributed by atoms with van der Waals surface area (Å²) in [7, 11) is -3.71. The first kappa shape index (κ1) is 21.6. The third-order valence-electron chi connectivity index (χ3n) is 4.39. The lowest BCUT2D eigenvalue weighted by molar-refractivity contribution is -0.0440. The fourth-order valence-electron chi connectivity index (χ4n) is 3.08. The van der Waals surface area contributed by atoms with Gasteiger partial charge in [-0.05, 0) is 50.2 Å². The second-order valence-corrected chi connectivity index (χ2v) is 9.15. The zero-order chi connectivity index (χ0) is 21.3. The summed E-state index contributed by atoms with van der Waals surface area (Å²) >= 11 is 5.79. The van der Waals surface area contributed by atoms with Gasteiger partial charge in [-0.15, -0.1) is 0 Å². The molecule has 3 rings (SSSR count). The van der Waals surface area contributed by atoms with Crippen LogP contribution in [0.25, 0.3) is 0 Å². The van der Waals surface area contributed by atoms with Gasteiger partial charge in [0.1, 0.15) is 0 Å². The Morgan fingerprint density at radius 2 is 1.66 bits per heavy atom. The number of rotatable bonds is 4. The van der Waals surface area contributed by atoms with Gasteiger partial charge in [0.25, 0.3) is 5.91 Å². The van der Waals surface area contributed by atoms with Crippen LogP contribution in [0.4, 0.5) is 14.5 Å². The normalized spacial score (nSPS) is 20.4. The minimum absolute atomic E-state index is 0.0719. The van der Waals surface area contributed by atoms with Crippen molar-refractivity contribution in [2.45, 2.75) is 31.0 Å². The Balaban J connectivity index is 1.76. The number of carbonyl (C=O) groups excluding carboxylic acids is 1. The van der Waals surface area contributed by atoms with E-state index in [0.717, 1.165) is 0 Å². The molecule has 29 heavy (non-hydrogen) atoms. The van der Waals surface area contributed by atoms with Gasteiger partial charge in [0.15, 0.2) is 11.6 Å². The summed E-state index contributed by atoms with van der Waals surface area (Å²) in [6.07, 6.45) is -0.430. The minimum Gasteiger partial charge on any atom is -0.373 e. The van der Waals surface area contributed by atoms with Crippen molar-refractivity contribution in [3.05, 3.63) is 58.6 Å². The number of amides is 1. The number of morpholine rings is 1. The maximum atomic E-state index is 13.4. The molecule has 1 N–H and O–H groups in total. The van der Waals surface area contributed by atoms with Gasteiger partial charge in [0.05, 0.1) is 27.7 Å². The van der Waals surface area contributed by atoms with Crippen LogP contribution in [0.3, 0.4) is 0 Å². The molecule has 1 saturated heterocycles. The summed E-state index contributed by atoms with van der Waals surface area (Å²) in [6.45, 7) is 4.11. The van der Waals surface area contributed by atoms with Gasteiger partial charge < -0.3 is 10.1 Å². The maximum Gasteiger partial charge on any atom is 0.257 e. The van der Waals surface area contributed by atoms with Crippen LogP contribution in [0, 0.1) is 11.6 Å². The van der Waals surface area contributed by atoms with Crippen molar-refractivity contribution in [2.24, 2.45) is 0 Å². The Morgan fingerprint density at radius 1 is 1.10 bits per heavy atom. The topological polar surface area (TPSA) is 75.7 Å². The van der Waals surface area contributed by atoms with Crippen LogP contribution >= 0.6 is 11.6 Å². The van der Waals surface area contributed by atoms with Crippen LogP contribution < -0.4 is 5.32 Å². The molecule has 0 aromatic heterocycles. The number of nitrogens with zero attached hydrogens (tertiary/aromatic N) is 1. The molecule has 1 aliphatic heterocycles. The molecule has 156 valence electrons. The molecule has 0 bridgehead atoms. The molecule has 1 fully saturated rings. The Labute approximate surface area is 172 Å². The van der Waals surface area contributed by atoms with Crippen molar-refractivity contribution in [1.82, 2.24) is 4.31 Å². The standard InChI is InChI=1S/C19H19ClF2N2O4S/c1-11-9-24(10-12(2)28-11)29(26,27)14-5-3-13(4-6-14)23-19(25)15-7-17(21)18(22)8-16(15)20/h3-8,11-12H,9-10H2,1-2H3,(H,23,25). The van der Waals surface area contributed by atoms with Gasteiger partial charge in [-0.3, -0.25) is 4.79 Å². The van der Waals surface area contributed by atoms with Crippen LogP contribution in [0.5, 0.6) is 0 Å².